The third kappa shape index (κ3) is 8.80. The van der Waals surface area contributed by atoms with Gasteiger partial charge in [0.15, 0.2) is 5.11 Å². The van der Waals surface area contributed by atoms with Crippen LogP contribution in [0, 0.1) is 5.92 Å². The standard InChI is InChI=1S/C23H30N2O4S/c1-4-27-15-16-29-21-11-7-19(8-12-21)24-23(30)25-22(26)18-5-9-20(10-6-18)28-14-13-17(2)3/h5-12,17H,4,13-16H2,1-3H3,(H2,24,25,26,30). The van der Waals surface area contributed by atoms with E-state index in [-0.39, 0.29) is 11.0 Å². The Kier molecular flexibility index (Phi) is 10.1. The van der Waals surface area contributed by atoms with E-state index < -0.39 is 0 Å². The molecule has 0 radical (unpaired) electrons. The van der Waals surface area contributed by atoms with Gasteiger partial charge in [0.05, 0.1) is 13.2 Å². The molecule has 0 bridgehead atoms. The van der Waals surface area contributed by atoms with E-state index in [1.54, 1.807) is 24.3 Å². The van der Waals surface area contributed by atoms with Crippen LogP contribution in [0.15, 0.2) is 48.5 Å². The zero-order chi connectivity index (χ0) is 21.8. The molecule has 0 aliphatic heterocycles. The van der Waals surface area contributed by atoms with Gasteiger partial charge in [-0.15, -0.1) is 0 Å². The number of rotatable bonds is 11. The zero-order valence-corrected chi connectivity index (χ0v) is 18.6. The topological polar surface area (TPSA) is 68.8 Å². The Morgan fingerprint density at radius 2 is 1.53 bits per heavy atom. The van der Waals surface area contributed by atoms with Crippen molar-refractivity contribution in [3.05, 3.63) is 54.1 Å². The first kappa shape index (κ1) is 23.6. The summed E-state index contributed by atoms with van der Waals surface area (Å²) in [6.07, 6.45) is 0.989. The van der Waals surface area contributed by atoms with Crippen LogP contribution in [0.3, 0.4) is 0 Å². The summed E-state index contributed by atoms with van der Waals surface area (Å²) in [6, 6.07) is 14.3. The van der Waals surface area contributed by atoms with E-state index in [9.17, 15) is 4.79 Å². The Hall–Kier alpha value is -2.64. The van der Waals surface area contributed by atoms with Crippen molar-refractivity contribution in [3.63, 3.8) is 0 Å². The van der Waals surface area contributed by atoms with Crippen molar-refractivity contribution in [2.45, 2.75) is 27.2 Å². The van der Waals surface area contributed by atoms with E-state index >= 15 is 0 Å². The maximum atomic E-state index is 12.4. The van der Waals surface area contributed by atoms with Crippen LogP contribution in [0.25, 0.3) is 0 Å². The molecule has 30 heavy (non-hydrogen) atoms. The highest BCUT2D eigenvalue weighted by Crippen LogP contribution is 2.16. The van der Waals surface area contributed by atoms with E-state index in [4.69, 9.17) is 26.4 Å². The summed E-state index contributed by atoms with van der Waals surface area (Å²) < 4.78 is 16.5. The number of hydrogen-bond acceptors (Lipinski definition) is 5. The molecule has 2 rings (SSSR count). The lowest BCUT2D eigenvalue weighted by Crippen LogP contribution is -2.34. The number of benzene rings is 2. The molecule has 0 aromatic heterocycles. The van der Waals surface area contributed by atoms with Gasteiger partial charge in [0.2, 0.25) is 0 Å². The van der Waals surface area contributed by atoms with Gasteiger partial charge in [0.1, 0.15) is 18.1 Å². The van der Waals surface area contributed by atoms with Crippen LogP contribution in [-0.4, -0.2) is 37.4 Å². The first-order chi connectivity index (χ1) is 14.5. The Labute approximate surface area is 183 Å². The Bertz CT molecular complexity index is 792. The van der Waals surface area contributed by atoms with Crippen molar-refractivity contribution in [1.29, 1.82) is 0 Å². The zero-order valence-electron chi connectivity index (χ0n) is 17.8. The second-order valence-corrected chi connectivity index (χ2v) is 7.44. The van der Waals surface area contributed by atoms with E-state index in [0.29, 0.717) is 37.9 Å². The van der Waals surface area contributed by atoms with Crippen LogP contribution in [0.4, 0.5) is 5.69 Å². The van der Waals surface area contributed by atoms with E-state index in [1.807, 2.05) is 31.2 Å². The molecule has 162 valence electrons. The first-order valence-corrected chi connectivity index (χ1v) is 10.5. The summed E-state index contributed by atoms with van der Waals surface area (Å²) in [5.74, 6) is 1.80. The third-order valence-corrected chi connectivity index (χ3v) is 4.32. The van der Waals surface area contributed by atoms with Crippen LogP contribution >= 0.6 is 12.2 Å². The number of amides is 1. The number of carbonyl (C=O) groups excluding carboxylic acids is 1. The van der Waals surface area contributed by atoms with Gasteiger partial charge in [-0.2, -0.15) is 0 Å². The first-order valence-electron chi connectivity index (χ1n) is 10.1. The number of nitrogens with one attached hydrogen (secondary N) is 2. The predicted molar refractivity (Wildman–Crippen MR) is 124 cm³/mol. The number of carbonyl (C=O) groups is 1. The molecular weight excluding hydrogens is 400 g/mol. The lowest BCUT2D eigenvalue weighted by atomic mass is 10.1. The lowest BCUT2D eigenvalue weighted by Gasteiger charge is -2.11. The van der Waals surface area contributed by atoms with Crippen molar-refractivity contribution < 1.29 is 19.0 Å². The highest BCUT2D eigenvalue weighted by molar-refractivity contribution is 7.80. The fourth-order valence-corrected chi connectivity index (χ4v) is 2.66. The van der Waals surface area contributed by atoms with Gasteiger partial charge < -0.3 is 19.5 Å². The SMILES string of the molecule is CCOCCOc1ccc(NC(=S)NC(=O)c2ccc(OCCC(C)C)cc2)cc1. The summed E-state index contributed by atoms with van der Waals surface area (Å²) in [5, 5.41) is 5.89. The number of ether oxygens (including phenoxy) is 3. The Balaban J connectivity index is 1.77. The highest BCUT2D eigenvalue weighted by Gasteiger charge is 2.08. The molecule has 0 saturated carbocycles. The summed E-state index contributed by atoms with van der Waals surface area (Å²) in [6.45, 7) is 8.63. The van der Waals surface area contributed by atoms with Gasteiger partial charge in [0.25, 0.3) is 5.91 Å². The normalized spacial score (nSPS) is 10.5. The van der Waals surface area contributed by atoms with Crippen LogP contribution in [0.1, 0.15) is 37.6 Å². The lowest BCUT2D eigenvalue weighted by molar-refractivity contribution is 0.0977. The molecule has 0 atom stereocenters. The molecule has 0 aliphatic carbocycles. The molecule has 7 heteroatoms. The summed E-state index contributed by atoms with van der Waals surface area (Å²) in [7, 11) is 0. The largest absolute Gasteiger partial charge is 0.494 e. The van der Waals surface area contributed by atoms with Crippen molar-refractivity contribution in [2.75, 3.05) is 31.7 Å². The minimum atomic E-state index is -0.280. The van der Waals surface area contributed by atoms with Gasteiger partial charge in [-0.05, 0) is 80.0 Å². The van der Waals surface area contributed by atoms with E-state index in [1.165, 1.54) is 0 Å². The Morgan fingerprint density at radius 1 is 0.933 bits per heavy atom. The van der Waals surface area contributed by atoms with Crippen molar-refractivity contribution in [2.24, 2.45) is 5.92 Å². The molecule has 0 aliphatic rings. The fraction of sp³-hybridized carbons (Fsp3) is 0.391. The third-order valence-electron chi connectivity index (χ3n) is 4.12. The average Bonchev–Trinajstić information content (AvgIpc) is 2.72. The summed E-state index contributed by atoms with van der Waals surface area (Å²) in [4.78, 5) is 12.4. The Morgan fingerprint density at radius 3 is 2.13 bits per heavy atom. The molecule has 0 spiro atoms. The molecule has 2 N–H and O–H groups in total. The molecule has 2 aromatic rings. The van der Waals surface area contributed by atoms with Crippen molar-refractivity contribution in [1.82, 2.24) is 5.32 Å². The van der Waals surface area contributed by atoms with Gasteiger partial charge in [-0.1, -0.05) is 13.8 Å². The van der Waals surface area contributed by atoms with E-state index in [0.717, 1.165) is 23.6 Å². The van der Waals surface area contributed by atoms with Crippen LogP contribution in [0.2, 0.25) is 0 Å². The smallest absolute Gasteiger partial charge is 0.257 e. The van der Waals surface area contributed by atoms with Crippen LogP contribution in [-0.2, 0) is 4.74 Å². The number of thiocarbonyl (C=S) groups is 1. The fourth-order valence-electron chi connectivity index (χ4n) is 2.45. The number of hydrogen-bond donors (Lipinski definition) is 2. The quantitative estimate of drug-likeness (QED) is 0.399. The second-order valence-electron chi connectivity index (χ2n) is 7.03. The van der Waals surface area contributed by atoms with Crippen LogP contribution < -0.4 is 20.1 Å². The maximum Gasteiger partial charge on any atom is 0.257 e. The van der Waals surface area contributed by atoms with Crippen LogP contribution in [0.5, 0.6) is 11.5 Å². The monoisotopic (exact) mass is 430 g/mol. The number of anilines is 1. The minimum Gasteiger partial charge on any atom is -0.494 e. The minimum absolute atomic E-state index is 0.224. The molecule has 6 nitrogen and oxygen atoms in total. The van der Waals surface area contributed by atoms with Gasteiger partial charge in [0, 0.05) is 17.9 Å². The molecule has 1 amide bonds. The summed E-state index contributed by atoms with van der Waals surface area (Å²) >= 11 is 5.24. The second kappa shape index (κ2) is 12.8. The van der Waals surface area contributed by atoms with Gasteiger partial charge in [-0.3, -0.25) is 10.1 Å². The molecule has 0 saturated heterocycles. The molecular formula is C23H30N2O4S. The average molecular weight is 431 g/mol. The summed E-state index contributed by atoms with van der Waals surface area (Å²) in [5.41, 5.74) is 1.26. The maximum absolute atomic E-state index is 12.4. The molecule has 0 heterocycles. The molecule has 0 unspecified atom stereocenters. The van der Waals surface area contributed by atoms with Gasteiger partial charge in [-0.25, -0.2) is 0 Å². The van der Waals surface area contributed by atoms with E-state index in [2.05, 4.69) is 24.5 Å². The molecule has 2 aromatic carbocycles. The highest BCUT2D eigenvalue weighted by atomic mass is 32.1. The van der Waals surface area contributed by atoms with Crippen molar-refractivity contribution >= 4 is 28.9 Å². The van der Waals surface area contributed by atoms with Crippen molar-refractivity contribution in [3.8, 4) is 11.5 Å². The predicted octanol–water partition coefficient (Wildman–Crippen LogP) is 4.65. The van der Waals surface area contributed by atoms with Gasteiger partial charge >= 0.3 is 0 Å². The molecule has 0 fully saturated rings.